The van der Waals surface area contributed by atoms with Crippen molar-refractivity contribution in [2.75, 3.05) is 0 Å². The Morgan fingerprint density at radius 3 is 2.76 bits per heavy atom. The van der Waals surface area contributed by atoms with Crippen molar-refractivity contribution in [2.24, 2.45) is 0 Å². The zero-order valence-electron chi connectivity index (χ0n) is 11.7. The van der Waals surface area contributed by atoms with Gasteiger partial charge in [0.05, 0.1) is 24.4 Å². The average Bonchev–Trinajstić information content (AvgIpc) is 2.86. The van der Waals surface area contributed by atoms with Crippen LogP contribution in [0.3, 0.4) is 0 Å². The SMILES string of the molecule is C[C@H](NC(=O)O)C(O)Cc1cn(Cc2ccccc2)nn1. The predicted molar refractivity (Wildman–Crippen MR) is 75.9 cm³/mol. The van der Waals surface area contributed by atoms with Gasteiger partial charge in [0, 0.05) is 12.6 Å². The van der Waals surface area contributed by atoms with Crippen LogP contribution in [0, 0.1) is 0 Å². The van der Waals surface area contributed by atoms with Crippen LogP contribution >= 0.6 is 0 Å². The number of amides is 1. The third-order valence-corrected chi connectivity index (χ3v) is 3.12. The minimum Gasteiger partial charge on any atom is -0.465 e. The van der Waals surface area contributed by atoms with Crippen LogP contribution in [0.25, 0.3) is 0 Å². The molecule has 21 heavy (non-hydrogen) atoms. The molecule has 0 aliphatic heterocycles. The number of carboxylic acid groups (broad SMARTS) is 1. The van der Waals surface area contributed by atoms with E-state index in [1.54, 1.807) is 17.8 Å². The Morgan fingerprint density at radius 2 is 2.10 bits per heavy atom. The molecule has 0 radical (unpaired) electrons. The predicted octanol–water partition coefficient (Wildman–Crippen LogP) is 0.886. The van der Waals surface area contributed by atoms with E-state index in [9.17, 15) is 9.90 Å². The summed E-state index contributed by atoms with van der Waals surface area (Å²) in [5.41, 5.74) is 1.73. The Kier molecular flexibility index (Phi) is 4.89. The molecule has 1 amide bonds. The molecule has 0 aliphatic carbocycles. The molecule has 0 saturated carbocycles. The molecule has 0 aliphatic rings. The van der Waals surface area contributed by atoms with E-state index >= 15 is 0 Å². The topological polar surface area (TPSA) is 100 Å². The lowest BCUT2D eigenvalue weighted by molar-refractivity contribution is 0.125. The second-order valence-electron chi connectivity index (χ2n) is 4.90. The first-order valence-electron chi connectivity index (χ1n) is 6.65. The van der Waals surface area contributed by atoms with Crippen molar-refractivity contribution in [1.29, 1.82) is 0 Å². The van der Waals surface area contributed by atoms with Gasteiger partial charge in [0.1, 0.15) is 0 Å². The first-order valence-corrected chi connectivity index (χ1v) is 6.65. The first-order chi connectivity index (χ1) is 10.0. The Hall–Kier alpha value is -2.41. The van der Waals surface area contributed by atoms with Crippen LogP contribution in [0.1, 0.15) is 18.2 Å². The van der Waals surface area contributed by atoms with Crippen molar-refractivity contribution in [2.45, 2.75) is 32.0 Å². The number of carbonyl (C=O) groups is 1. The molecule has 112 valence electrons. The van der Waals surface area contributed by atoms with Gasteiger partial charge in [-0.25, -0.2) is 9.48 Å². The molecule has 0 spiro atoms. The molecular formula is C14H18N4O3. The van der Waals surface area contributed by atoms with Crippen LogP contribution in [0.5, 0.6) is 0 Å². The monoisotopic (exact) mass is 290 g/mol. The molecule has 1 aromatic carbocycles. The molecular weight excluding hydrogens is 272 g/mol. The van der Waals surface area contributed by atoms with Gasteiger partial charge in [-0.2, -0.15) is 0 Å². The number of hydrogen-bond donors (Lipinski definition) is 3. The van der Waals surface area contributed by atoms with Crippen molar-refractivity contribution in [3.8, 4) is 0 Å². The Bertz CT molecular complexity index is 585. The van der Waals surface area contributed by atoms with E-state index in [1.165, 1.54) is 0 Å². The number of hydrogen-bond acceptors (Lipinski definition) is 4. The number of aliphatic hydroxyl groups excluding tert-OH is 1. The van der Waals surface area contributed by atoms with Crippen molar-refractivity contribution < 1.29 is 15.0 Å². The molecule has 1 heterocycles. The van der Waals surface area contributed by atoms with E-state index in [1.807, 2.05) is 30.3 Å². The van der Waals surface area contributed by atoms with Crippen LogP contribution in [0.15, 0.2) is 36.5 Å². The second-order valence-corrected chi connectivity index (χ2v) is 4.90. The number of nitrogens with zero attached hydrogens (tertiary/aromatic N) is 3. The lowest BCUT2D eigenvalue weighted by Crippen LogP contribution is -2.41. The Balaban J connectivity index is 1.92. The minimum absolute atomic E-state index is 0.246. The van der Waals surface area contributed by atoms with E-state index in [0.717, 1.165) is 5.56 Å². The number of benzene rings is 1. The van der Waals surface area contributed by atoms with Crippen LogP contribution in [0.2, 0.25) is 0 Å². The Morgan fingerprint density at radius 1 is 1.38 bits per heavy atom. The van der Waals surface area contributed by atoms with Crippen molar-refractivity contribution in [3.63, 3.8) is 0 Å². The van der Waals surface area contributed by atoms with E-state index < -0.39 is 18.2 Å². The summed E-state index contributed by atoms with van der Waals surface area (Å²) < 4.78 is 1.69. The normalized spacial score (nSPS) is 13.6. The molecule has 2 atom stereocenters. The summed E-state index contributed by atoms with van der Waals surface area (Å²) in [6.45, 7) is 2.21. The van der Waals surface area contributed by atoms with Gasteiger partial charge in [0.15, 0.2) is 0 Å². The summed E-state index contributed by atoms with van der Waals surface area (Å²) >= 11 is 0. The first kappa shape index (κ1) is 15.0. The maximum Gasteiger partial charge on any atom is 0.404 e. The van der Waals surface area contributed by atoms with Crippen molar-refractivity contribution in [1.82, 2.24) is 20.3 Å². The van der Waals surface area contributed by atoms with Crippen LogP contribution in [-0.4, -0.2) is 43.4 Å². The molecule has 0 fully saturated rings. The van der Waals surface area contributed by atoms with Gasteiger partial charge in [-0.05, 0) is 12.5 Å². The van der Waals surface area contributed by atoms with Gasteiger partial charge >= 0.3 is 6.09 Å². The number of aromatic nitrogens is 3. The molecule has 2 rings (SSSR count). The summed E-state index contributed by atoms with van der Waals surface area (Å²) in [6, 6.07) is 9.28. The zero-order valence-corrected chi connectivity index (χ0v) is 11.7. The summed E-state index contributed by atoms with van der Waals surface area (Å²) in [6.07, 6.45) is -0.00260. The lowest BCUT2D eigenvalue weighted by atomic mass is 10.1. The number of aliphatic hydroxyl groups is 1. The number of rotatable bonds is 6. The van der Waals surface area contributed by atoms with Crippen LogP contribution in [0.4, 0.5) is 4.79 Å². The highest BCUT2D eigenvalue weighted by molar-refractivity contribution is 5.64. The van der Waals surface area contributed by atoms with Crippen molar-refractivity contribution in [3.05, 3.63) is 47.8 Å². The van der Waals surface area contributed by atoms with E-state index in [2.05, 4.69) is 15.6 Å². The molecule has 1 unspecified atom stereocenters. The quantitative estimate of drug-likeness (QED) is 0.733. The van der Waals surface area contributed by atoms with Gasteiger partial charge in [-0.1, -0.05) is 35.5 Å². The third kappa shape index (κ3) is 4.57. The maximum atomic E-state index is 10.5. The summed E-state index contributed by atoms with van der Waals surface area (Å²) in [7, 11) is 0. The standard InChI is InChI=1S/C14H18N4O3/c1-10(15-14(20)21)13(19)7-12-9-18(17-16-12)8-11-5-3-2-4-6-11/h2-6,9-10,13,15,19H,7-8H2,1H3,(H,20,21)/t10-,13?/m0/s1. The molecule has 3 N–H and O–H groups in total. The fraction of sp³-hybridized carbons (Fsp3) is 0.357. The molecule has 2 aromatic rings. The third-order valence-electron chi connectivity index (χ3n) is 3.12. The molecule has 7 nitrogen and oxygen atoms in total. The van der Waals surface area contributed by atoms with E-state index in [0.29, 0.717) is 12.2 Å². The number of nitrogens with one attached hydrogen (secondary N) is 1. The van der Waals surface area contributed by atoms with E-state index in [-0.39, 0.29) is 6.42 Å². The smallest absolute Gasteiger partial charge is 0.404 e. The van der Waals surface area contributed by atoms with Crippen LogP contribution < -0.4 is 5.32 Å². The largest absolute Gasteiger partial charge is 0.465 e. The fourth-order valence-corrected chi connectivity index (χ4v) is 1.96. The van der Waals surface area contributed by atoms with Gasteiger partial charge < -0.3 is 15.5 Å². The summed E-state index contributed by atoms with van der Waals surface area (Å²) in [5.74, 6) is 0. The lowest BCUT2D eigenvalue weighted by Gasteiger charge is -2.17. The Labute approximate surface area is 122 Å². The molecule has 1 aromatic heterocycles. The molecule has 7 heteroatoms. The van der Waals surface area contributed by atoms with Gasteiger partial charge in [-0.15, -0.1) is 5.10 Å². The molecule has 0 saturated heterocycles. The maximum absolute atomic E-state index is 10.5. The van der Waals surface area contributed by atoms with Gasteiger partial charge in [-0.3, -0.25) is 0 Å². The highest BCUT2D eigenvalue weighted by atomic mass is 16.4. The zero-order chi connectivity index (χ0) is 15.2. The van der Waals surface area contributed by atoms with Crippen molar-refractivity contribution >= 4 is 6.09 Å². The van der Waals surface area contributed by atoms with Gasteiger partial charge in [0.2, 0.25) is 0 Å². The highest BCUT2D eigenvalue weighted by Gasteiger charge is 2.18. The highest BCUT2D eigenvalue weighted by Crippen LogP contribution is 2.05. The van der Waals surface area contributed by atoms with Gasteiger partial charge in [0.25, 0.3) is 0 Å². The summed E-state index contributed by atoms with van der Waals surface area (Å²) in [5, 5.41) is 28.7. The fourth-order valence-electron chi connectivity index (χ4n) is 1.96. The average molecular weight is 290 g/mol. The van der Waals surface area contributed by atoms with E-state index in [4.69, 9.17) is 5.11 Å². The summed E-state index contributed by atoms with van der Waals surface area (Å²) in [4.78, 5) is 10.5. The van der Waals surface area contributed by atoms with Crippen LogP contribution in [-0.2, 0) is 13.0 Å². The molecule has 0 bridgehead atoms. The second kappa shape index (κ2) is 6.85. The minimum atomic E-state index is -1.16.